The lowest BCUT2D eigenvalue weighted by molar-refractivity contribution is -0.131. The SMILES string of the molecule is COc1ccc2c(c1C(=O)C(=O)O)OCCO2. The molecule has 0 saturated heterocycles. The number of rotatable bonds is 3. The molecular formula is C11H10O6. The molecule has 0 amide bonds. The summed E-state index contributed by atoms with van der Waals surface area (Å²) in [4.78, 5) is 22.3. The van der Waals surface area contributed by atoms with Crippen LogP contribution in [0.2, 0.25) is 0 Å². The fourth-order valence-corrected chi connectivity index (χ4v) is 1.59. The van der Waals surface area contributed by atoms with Gasteiger partial charge in [0.15, 0.2) is 11.5 Å². The van der Waals surface area contributed by atoms with E-state index in [1.165, 1.54) is 13.2 Å². The molecule has 1 aromatic carbocycles. The summed E-state index contributed by atoms with van der Waals surface area (Å²) in [7, 11) is 1.35. The number of benzene rings is 1. The molecule has 0 spiro atoms. The van der Waals surface area contributed by atoms with Crippen molar-refractivity contribution < 1.29 is 28.9 Å². The van der Waals surface area contributed by atoms with Gasteiger partial charge in [-0.05, 0) is 12.1 Å². The van der Waals surface area contributed by atoms with Crippen LogP contribution in [0.3, 0.4) is 0 Å². The Hall–Kier alpha value is -2.24. The van der Waals surface area contributed by atoms with Crippen molar-refractivity contribution in [3.8, 4) is 17.2 Å². The van der Waals surface area contributed by atoms with E-state index in [1.54, 1.807) is 6.07 Å². The van der Waals surface area contributed by atoms with Crippen molar-refractivity contribution in [1.29, 1.82) is 0 Å². The molecule has 0 radical (unpaired) electrons. The van der Waals surface area contributed by atoms with Crippen LogP contribution >= 0.6 is 0 Å². The first-order chi connectivity index (χ1) is 8.15. The summed E-state index contributed by atoms with van der Waals surface area (Å²) in [6.45, 7) is 0.625. The van der Waals surface area contributed by atoms with Crippen LogP contribution in [-0.2, 0) is 4.79 Å². The first-order valence-electron chi connectivity index (χ1n) is 4.89. The first kappa shape index (κ1) is 11.3. The molecule has 1 aromatic rings. The number of carboxylic acid groups (broad SMARTS) is 1. The van der Waals surface area contributed by atoms with E-state index < -0.39 is 11.8 Å². The van der Waals surface area contributed by atoms with Gasteiger partial charge in [0.1, 0.15) is 24.5 Å². The highest BCUT2D eigenvalue weighted by molar-refractivity contribution is 6.41. The van der Waals surface area contributed by atoms with Gasteiger partial charge >= 0.3 is 5.97 Å². The van der Waals surface area contributed by atoms with Crippen LogP contribution in [0.15, 0.2) is 12.1 Å². The molecule has 1 aliphatic heterocycles. The molecule has 0 unspecified atom stereocenters. The van der Waals surface area contributed by atoms with E-state index in [0.717, 1.165) is 0 Å². The fraction of sp³-hybridized carbons (Fsp3) is 0.273. The van der Waals surface area contributed by atoms with E-state index in [4.69, 9.17) is 19.3 Å². The maximum atomic E-state index is 11.6. The molecule has 90 valence electrons. The Bertz CT molecular complexity index is 479. The summed E-state index contributed by atoms with van der Waals surface area (Å²) in [5.41, 5.74) is -0.114. The number of carboxylic acids is 1. The smallest absolute Gasteiger partial charge is 0.377 e. The number of carbonyl (C=O) groups excluding carboxylic acids is 1. The first-order valence-corrected chi connectivity index (χ1v) is 4.89. The molecule has 0 aromatic heterocycles. The van der Waals surface area contributed by atoms with Crippen LogP contribution in [0.1, 0.15) is 10.4 Å². The largest absolute Gasteiger partial charge is 0.496 e. The van der Waals surface area contributed by atoms with Crippen molar-refractivity contribution in [2.24, 2.45) is 0 Å². The number of Topliss-reactive ketones (excluding diaryl/α,β-unsaturated/α-hetero) is 1. The average molecular weight is 238 g/mol. The topological polar surface area (TPSA) is 82.1 Å². The van der Waals surface area contributed by atoms with Gasteiger partial charge in [-0.3, -0.25) is 4.79 Å². The zero-order valence-electron chi connectivity index (χ0n) is 9.06. The summed E-state index contributed by atoms with van der Waals surface area (Å²) in [6, 6.07) is 3.05. The van der Waals surface area contributed by atoms with Gasteiger partial charge in [0.05, 0.1) is 7.11 Å². The van der Waals surface area contributed by atoms with Crippen LogP contribution in [0.4, 0.5) is 0 Å². The molecule has 0 atom stereocenters. The van der Waals surface area contributed by atoms with E-state index >= 15 is 0 Å². The normalized spacial score (nSPS) is 13.0. The number of fused-ring (bicyclic) bond motifs is 1. The number of hydrogen-bond acceptors (Lipinski definition) is 5. The van der Waals surface area contributed by atoms with Gasteiger partial charge < -0.3 is 19.3 Å². The van der Waals surface area contributed by atoms with Gasteiger partial charge in [0.2, 0.25) is 0 Å². The Morgan fingerprint density at radius 2 is 2.00 bits per heavy atom. The Morgan fingerprint density at radius 1 is 1.29 bits per heavy atom. The van der Waals surface area contributed by atoms with Crippen molar-refractivity contribution in [3.63, 3.8) is 0 Å². The zero-order valence-corrected chi connectivity index (χ0v) is 9.06. The van der Waals surface area contributed by atoms with Gasteiger partial charge in [0.25, 0.3) is 5.78 Å². The van der Waals surface area contributed by atoms with Crippen molar-refractivity contribution >= 4 is 11.8 Å². The Kier molecular flexibility index (Phi) is 2.86. The average Bonchev–Trinajstić information content (AvgIpc) is 2.36. The monoisotopic (exact) mass is 238 g/mol. The minimum Gasteiger partial charge on any atom is -0.496 e. The second-order valence-corrected chi connectivity index (χ2v) is 3.30. The molecule has 1 aliphatic rings. The number of hydrogen-bond donors (Lipinski definition) is 1. The summed E-state index contributed by atoms with van der Waals surface area (Å²) in [5.74, 6) is -2.01. The number of aliphatic carboxylic acids is 1. The lowest BCUT2D eigenvalue weighted by atomic mass is 10.1. The van der Waals surface area contributed by atoms with Crippen molar-refractivity contribution in [2.45, 2.75) is 0 Å². The Balaban J connectivity index is 2.60. The highest BCUT2D eigenvalue weighted by Crippen LogP contribution is 2.39. The Labute approximate surface area is 96.7 Å². The van der Waals surface area contributed by atoms with E-state index in [1.807, 2.05) is 0 Å². The van der Waals surface area contributed by atoms with Crippen LogP contribution < -0.4 is 14.2 Å². The van der Waals surface area contributed by atoms with E-state index in [2.05, 4.69) is 0 Å². The maximum absolute atomic E-state index is 11.6. The minimum absolute atomic E-state index is 0.114. The maximum Gasteiger partial charge on any atom is 0.377 e. The zero-order chi connectivity index (χ0) is 12.4. The van der Waals surface area contributed by atoms with Gasteiger partial charge in [0, 0.05) is 0 Å². The minimum atomic E-state index is -1.56. The van der Waals surface area contributed by atoms with Crippen molar-refractivity contribution in [2.75, 3.05) is 20.3 Å². The summed E-state index contributed by atoms with van der Waals surface area (Å²) in [6.07, 6.45) is 0. The Morgan fingerprint density at radius 3 is 2.65 bits per heavy atom. The third-order valence-electron chi connectivity index (χ3n) is 2.31. The molecule has 1 heterocycles. The summed E-state index contributed by atoms with van der Waals surface area (Å²) >= 11 is 0. The second-order valence-electron chi connectivity index (χ2n) is 3.30. The van der Waals surface area contributed by atoms with Crippen LogP contribution in [-0.4, -0.2) is 37.2 Å². The van der Waals surface area contributed by atoms with E-state index in [0.29, 0.717) is 12.4 Å². The summed E-state index contributed by atoms with van der Waals surface area (Å²) < 4.78 is 15.5. The summed E-state index contributed by atoms with van der Waals surface area (Å²) in [5, 5.41) is 8.76. The van der Waals surface area contributed by atoms with Gasteiger partial charge in [-0.15, -0.1) is 0 Å². The molecular weight excluding hydrogens is 228 g/mol. The number of methoxy groups -OCH3 is 1. The highest BCUT2D eigenvalue weighted by Gasteiger charge is 2.28. The van der Waals surface area contributed by atoms with E-state index in [9.17, 15) is 9.59 Å². The number of carbonyl (C=O) groups is 2. The van der Waals surface area contributed by atoms with Gasteiger partial charge in [-0.25, -0.2) is 4.79 Å². The number of ketones is 1. The molecule has 0 saturated carbocycles. The molecule has 6 nitrogen and oxygen atoms in total. The molecule has 0 aliphatic carbocycles. The van der Waals surface area contributed by atoms with Crippen molar-refractivity contribution in [3.05, 3.63) is 17.7 Å². The molecule has 0 bridgehead atoms. The lowest BCUT2D eigenvalue weighted by Gasteiger charge is -2.21. The third-order valence-corrected chi connectivity index (χ3v) is 2.31. The highest BCUT2D eigenvalue weighted by atomic mass is 16.6. The molecule has 6 heteroatoms. The van der Waals surface area contributed by atoms with Crippen molar-refractivity contribution in [1.82, 2.24) is 0 Å². The fourth-order valence-electron chi connectivity index (χ4n) is 1.59. The molecule has 17 heavy (non-hydrogen) atoms. The predicted octanol–water partition coefficient (Wildman–Crippen LogP) is 0.734. The van der Waals surface area contributed by atoms with Crippen LogP contribution in [0.25, 0.3) is 0 Å². The van der Waals surface area contributed by atoms with Crippen LogP contribution in [0.5, 0.6) is 17.2 Å². The number of ether oxygens (including phenoxy) is 3. The van der Waals surface area contributed by atoms with Crippen LogP contribution in [0, 0.1) is 0 Å². The quantitative estimate of drug-likeness (QED) is 0.617. The van der Waals surface area contributed by atoms with Gasteiger partial charge in [-0.2, -0.15) is 0 Å². The standard InChI is InChI=1S/C11H10O6/c1-15-6-2-3-7-10(17-5-4-16-7)8(6)9(12)11(13)14/h2-3H,4-5H2,1H3,(H,13,14). The van der Waals surface area contributed by atoms with E-state index in [-0.39, 0.29) is 23.7 Å². The lowest BCUT2D eigenvalue weighted by Crippen LogP contribution is -2.21. The second kappa shape index (κ2) is 4.32. The molecule has 0 fully saturated rings. The third kappa shape index (κ3) is 1.89. The molecule has 1 N–H and O–H groups in total. The predicted molar refractivity (Wildman–Crippen MR) is 56.0 cm³/mol. The van der Waals surface area contributed by atoms with Gasteiger partial charge in [-0.1, -0.05) is 0 Å². The molecule has 2 rings (SSSR count).